The molecule has 0 aromatic heterocycles. The van der Waals surface area contributed by atoms with E-state index in [1.54, 1.807) is 0 Å². The van der Waals surface area contributed by atoms with E-state index in [1.807, 2.05) is 31.2 Å². The smallest absolute Gasteiger partial charge is 0.169 e. The number of fused-ring (bicyclic) bond motifs is 1. The average molecular weight is 258 g/mol. The van der Waals surface area contributed by atoms with Gasteiger partial charge in [-0.2, -0.15) is 0 Å². The first-order chi connectivity index (χ1) is 8.74. The molecular weight excluding hydrogens is 236 g/mol. The van der Waals surface area contributed by atoms with Gasteiger partial charge in [-0.25, -0.2) is 0 Å². The Morgan fingerprint density at radius 2 is 1.84 bits per heavy atom. The Bertz CT molecular complexity index is 534. The Morgan fingerprint density at radius 3 is 2.47 bits per heavy atom. The van der Waals surface area contributed by atoms with Crippen LogP contribution in [0.4, 0.5) is 0 Å². The fourth-order valence-corrected chi connectivity index (χ4v) is 2.56. The molecule has 0 spiro atoms. The van der Waals surface area contributed by atoms with Crippen molar-refractivity contribution in [1.82, 2.24) is 0 Å². The van der Waals surface area contributed by atoms with E-state index in [1.165, 1.54) is 6.08 Å². The number of carbonyl (C=O) groups is 1. The summed E-state index contributed by atoms with van der Waals surface area (Å²) in [6.07, 6.45) is 3.15. The topological polar surface area (TPSA) is 37.3 Å². The number of rotatable bonds is 2. The van der Waals surface area contributed by atoms with Crippen LogP contribution in [-0.4, -0.2) is 10.9 Å². The van der Waals surface area contributed by atoms with Gasteiger partial charge >= 0.3 is 0 Å². The van der Waals surface area contributed by atoms with Crippen LogP contribution in [0.15, 0.2) is 30.3 Å². The molecule has 2 heteroatoms. The minimum Gasteiger partial charge on any atom is -0.507 e. The Kier molecular flexibility index (Phi) is 3.29. The molecule has 0 unspecified atom stereocenters. The van der Waals surface area contributed by atoms with Crippen LogP contribution in [0.25, 0.3) is 5.76 Å². The maximum atomic E-state index is 12.4. The van der Waals surface area contributed by atoms with Crippen molar-refractivity contribution in [1.29, 1.82) is 0 Å². The van der Waals surface area contributed by atoms with Crippen molar-refractivity contribution in [2.45, 2.75) is 46.0 Å². The summed E-state index contributed by atoms with van der Waals surface area (Å²) in [5, 5.41) is 9.93. The minimum atomic E-state index is -0.518. The maximum Gasteiger partial charge on any atom is 0.169 e. The standard InChI is InChI=1S/C17H22O2/c1-16(2,3)9-10-17(4)13-8-6-5-7-12(13)14(18)11-15(17)19/h5-8,11,18H,9-10H2,1-4H3/t17-/m0/s1. The van der Waals surface area contributed by atoms with Gasteiger partial charge in [-0.1, -0.05) is 45.0 Å². The van der Waals surface area contributed by atoms with Gasteiger partial charge in [-0.15, -0.1) is 0 Å². The van der Waals surface area contributed by atoms with E-state index < -0.39 is 5.41 Å². The van der Waals surface area contributed by atoms with Crippen LogP contribution < -0.4 is 0 Å². The number of allylic oxidation sites excluding steroid dienone is 1. The Hall–Kier alpha value is -1.57. The first-order valence-corrected chi connectivity index (χ1v) is 6.79. The van der Waals surface area contributed by atoms with Gasteiger partial charge in [0.2, 0.25) is 0 Å². The maximum absolute atomic E-state index is 12.4. The zero-order valence-electron chi connectivity index (χ0n) is 12.2. The van der Waals surface area contributed by atoms with Crippen LogP contribution in [0.1, 0.15) is 51.7 Å². The number of hydrogen-bond donors (Lipinski definition) is 1. The number of ketones is 1. The average Bonchev–Trinajstić information content (AvgIpc) is 2.33. The normalized spacial score (nSPS) is 22.9. The fraction of sp³-hybridized carbons (Fsp3) is 0.471. The Labute approximate surface area is 115 Å². The first kappa shape index (κ1) is 13.9. The van der Waals surface area contributed by atoms with E-state index in [-0.39, 0.29) is 17.0 Å². The predicted molar refractivity (Wildman–Crippen MR) is 78.1 cm³/mol. The zero-order chi connectivity index (χ0) is 14.3. The number of aliphatic hydroxyl groups is 1. The van der Waals surface area contributed by atoms with Crippen molar-refractivity contribution in [2.75, 3.05) is 0 Å². The molecule has 1 aliphatic rings. The Morgan fingerprint density at radius 1 is 1.21 bits per heavy atom. The molecule has 2 nitrogen and oxygen atoms in total. The summed E-state index contributed by atoms with van der Waals surface area (Å²) in [5.74, 6) is 0.0989. The van der Waals surface area contributed by atoms with Gasteiger partial charge in [-0.3, -0.25) is 4.79 Å². The highest BCUT2D eigenvalue weighted by Crippen LogP contribution is 2.41. The van der Waals surface area contributed by atoms with Gasteiger partial charge in [0.15, 0.2) is 5.78 Å². The van der Waals surface area contributed by atoms with E-state index in [0.29, 0.717) is 0 Å². The van der Waals surface area contributed by atoms with Gasteiger partial charge in [0.05, 0.1) is 5.41 Å². The van der Waals surface area contributed by atoms with Gasteiger partial charge in [0.25, 0.3) is 0 Å². The predicted octanol–water partition coefficient (Wildman–Crippen LogP) is 4.25. The van der Waals surface area contributed by atoms with Crippen LogP contribution in [-0.2, 0) is 10.2 Å². The third-order valence-electron chi connectivity index (χ3n) is 3.98. The van der Waals surface area contributed by atoms with Crippen LogP contribution >= 0.6 is 0 Å². The molecule has 0 bridgehead atoms. The summed E-state index contributed by atoms with van der Waals surface area (Å²) in [6, 6.07) is 7.66. The van der Waals surface area contributed by atoms with Crippen LogP contribution in [0.2, 0.25) is 0 Å². The van der Waals surface area contributed by atoms with Gasteiger partial charge in [0, 0.05) is 11.6 Å². The second-order valence-electron chi connectivity index (χ2n) is 6.83. The fourth-order valence-electron chi connectivity index (χ4n) is 2.56. The summed E-state index contributed by atoms with van der Waals surface area (Å²) >= 11 is 0. The van der Waals surface area contributed by atoms with Crippen molar-refractivity contribution in [3.63, 3.8) is 0 Å². The summed E-state index contributed by atoms with van der Waals surface area (Å²) in [6.45, 7) is 8.54. The van der Waals surface area contributed by atoms with Crippen molar-refractivity contribution < 1.29 is 9.90 Å². The summed E-state index contributed by atoms with van der Waals surface area (Å²) < 4.78 is 0. The molecule has 2 rings (SSSR count). The van der Waals surface area contributed by atoms with Crippen molar-refractivity contribution in [2.24, 2.45) is 5.41 Å². The lowest BCUT2D eigenvalue weighted by molar-refractivity contribution is -0.120. The number of aliphatic hydroxyl groups excluding tert-OH is 1. The van der Waals surface area contributed by atoms with E-state index >= 15 is 0 Å². The summed E-state index contributed by atoms with van der Waals surface area (Å²) in [5.41, 5.74) is 1.42. The molecule has 1 N–H and O–H groups in total. The summed E-state index contributed by atoms with van der Waals surface area (Å²) in [7, 11) is 0. The van der Waals surface area contributed by atoms with E-state index in [0.717, 1.165) is 24.0 Å². The van der Waals surface area contributed by atoms with Crippen LogP contribution in [0, 0.1) is 5.41 Å². The van der Waals surface area contributed by atoms with E-state index in [2.05, 4.69) is 20.8 Å². The van der Waals surface area contributed by atoms with Crippen LogP contribution in [0.3, 0.4) is 0 Å². The highest BCUT2D eigenvalue weighted by atomic mass is 16.3. The minimum absolute atomic E-state index is 0.00736. The monoisotopic (exact) mass is 258 g/mol. The third kappa shape index (κ3) is 2.58. The number of hydrogen-bond acceptors (Lipinski definition) is 2. The highest BCUT2D eigenvalue weighted by molar-refractivity contribution is 6.06. The second kappa shape index (κ2) is 4.52. The molecule has 0 amide bonds. The van der Waals surface area contributed by atoms with Crippen LogP contribution in [0.5, 0.6) is 0 Å². The van der Waals surface area contributed by atoms with E-state index in [4.69, 9.17) is 0 Å². The quantitative estimate of drug-likeness (QED) is 0.861. The molecule has 1 aromatic rings. The molecule has 0 radical (unpaired) electrons. The van der Waals surface area contributed by atoms with Gasteiger partial charge < -0.3 is 5.11 Å². The molecule has 19 heavy (non-hydrogen) atoms. The Balaban J connectivity index is 2.43. The van der Waals surface area contributed by atoms with Gasteiger partial charge in [-0.05, 0) is 30.7 Å². The first-order valence-electron chi connectivity index (χ1n) is 6.79. The van der Waals surface area contributed by atoms with Gasteiger partial charge in [0.1, 0.15) is 5.76 Å². The molecule has 1 aliphatic carbocycles. The third-order valence-corrected chi connectivity index (χ3v) is 3.98. The number of benzene rings is 1. The lowest BCUT2D eigenvalue weighted by atomic mass is 9.68. The van der Waals surface area contributed by atoms with Crippen molar-refractivity contribution in [3.05, 3.63) is 41.5 Å². The van der Waals surface area contributed by atoms with E-state index in [9.17, 15) is 9.90 Å². The molecule has 1 atom stereocenters. The highest BCUT2D eigenvalue weighted by Gasteiger charge is 2.39. The molecule has 0 saturated carbocycles. The molecular formula is C17H22O2. The lowest BCUT2D eigenvalue weighted by Crippen LogP contribution is -2.36. The molecule has 0 fully saturated rings. The second-order valence-corrected chi connectivity index (χ2v) is 6.83. The molecule has 0 heterocycles. The zero-order valence-corrected chi connectivity index (χ0v) is 12.2. The molecule has 102 valence electrons. The number of carbonyl (C=O) groups excluding carboxylic acids is 1. The van der Waals surface area contributed by atoms with Crippen molar-refractivity contribution in [3.8, 4) is 0 Å². The lowest BCUT2D eigenvalue weighted by Gasteiger charge is -2.34. The van der Waals surface area contributed by atoms with Crippen molar-refractivity contribution >= 4 is 11.5 Å². The SMILES string of the molecule is CC(C)(C)CC[C@]1(C)C(=O)C=C(O)c2ccccc21. The molecule has 1 aromatic carbocycles. The molecule has 0 saturated heterocycles. The molecule has 0 aliphatic heterocycles. The largest absolute Gasteiger partial charge is 0.507 e. The summed E-state index contributed by atoms with van der Waals surface area (Å²) in [4.78, 5) is 12.4.